The van der Waals surface area contributed by atoms with Crippen molar-refractivity contribution in [2.45, 2.75) is 13.5 Å². The van der Waals surface area contributed by atoms with Gasteiger partial charge in [-0.2, -0.15) is 5.26 Å². The van der Waals surface area contributed by atoms with Crippen LogP contribution in [-0.2, 0) is 6.54 Å². The zero-order valence-corrected chi connectivity index (χ0v) is 10.8. The van der Waals surface area contributed by atoms with E-state index in [4.69, 9.17) is 10.00 Å². The molecule has 0 aliphatic heterocycles. The third-order valence-electron chi connectivity index (χ3n) is 2.61. The van der Waals surface area contributed by atoms with Crippen LogP contribution in [0.15, 0.2) is 42.6 Å². The molecule has 4 heteroatoms. The van der Waals surface area contributed by atoms with Crippen molar-refractivity contribution in [3.8, 4) is 11.8 Å². The first-order valence-electron chi connectivity index (χ1n) is 6.14. The molecule has 0 radical (unpaired) electrons. The summed E-state index contributed by atoms with van der Waals surface area (Å²) in [5, 5.41) is 12.1. The van der Waals surface area contributed by atoms with Crippen LogP contribution in [0.25, 0.3) is 0 Å². The first-order chi connectivity index (χ1) is 9.33. The number of hydrogen-bond donors (Lipinski definition) is 1. The number of aromatic nitrogens is 1. The van der Waals surface area contributed by atoms with Crippen molar-refractivity contribution in [2.75, 3.05) is 11.9 Å². The fourth-order valence-electron chi connectivity index (χ4n) is 1.74. The molecule has 96 valence electrons. The normalized spacial score (nSPS) is 9.68. The minimum absolute atomic E-state index is 0.428. The molecule has 2 aromatic rings. The van der Waals surface area contributed by atoms with Gasteiger partial charge >= 0.3 is 0 Å². The minimum Gasteiger partial charge on any atom is -0.492 e. The fourth-order valence-corrected chi connectivity index (χ4v) is 1.74. The molecule has 1 aromatic heterocycles. The molecule has 1 aromatic carbocycles. The number of rotatable bonds is 5. The monoisotopic (exact) mass is 253 g/mol. The Morgan fingerprint density at radius 3 is 2.95 bits per heavy atom. The van der Waals surface area contributed by atoms with Crippen LogP contribution in [0.3, 0.4) is 0 Å². The third kappa shape index (κ3) is 3.46. The van der Waals surface area contributed by atoms with E-state index in [0.717, 1.165) is 17.0 Å². The topological polar surface area (TPSA) is 57.9 Å². The number of nitrogens with one attached hydrogen (secondary N) is 1. The summed E-state index contributed by atoms with van der Waals surface area (Å²) >= 11 is 0. The third-order valence-corrected chi connectivity index (χ3v) is 2.61. The van der Waals surface area contributed by atoms with Gasteiger partial charge in [0.2, 0.25) is 0 Å². The van der Waals surface area contributed by atoms with E-state index in [1.165, 1.54) is 0 Å². The molecule has 19 heavy (non-hydrogen) atoms. The van der Waals surface area contributed by atoms with Gasteiger partial charge in [0.25, 0.3) is 0 Å². The second-order valence-electron chi connectivity index (χ2n) is 3.94. The largest absolute Gasteiger partial charge is 0.492 e. The summed E-state index contributed by atoms with van der Waals surface area (Å²) in [5.41, 5.74) is 2.38. The lowest BCUT2D eigenvalue weighted by atomic mass is 10.2. The SMILES string of the molecule is CCOc1ccccc1NCc1ccnc(C#N)c1. The van der Waals surface area contributed by atoms with Crippen molar-refractivity contribution in [3.63, 3.8) is 0 Å². The summed E-state index contributed by atoms with van der Waals surface area (Å²) < 4.78 is 5.54. The minimum atomic E-state index is 0.428. The van der Waals surface area contributed by atoms with E-state index in [1.807, 2.05) is 43.3 Å². The van der Waals surface area contributed by atoms with E-state index >= 15 is 0 Å². The lowest BCUT2D eigenvalue weighted by Crippen LogP contribution is -2.03. The van der Waals surface area contributed by atoms with Gasteiger partial charge < -0.3 is 10.1 Å². The molecule has 1 heterocycles. The first-order valence-corrected chi connectivity index (χ1v) is 6.14. The summed E-state index contributed by atoms with van der Waals surface area (Å²) in [7, 11) is 0. The molecule has 0 aliphatic carbocycles. The van der Waals surface area contributed by atoms with Crippen LogP contribution in [0, 0.1) is 11.3 Å². The van der Waals surface area contributed by atoms with Crippen LogP contribution < -0.4 is 10.1 Å². The predicted molar refractivity (Wildman–Crippen MR) is 73.9 cm³/mol. The van der Waals surface area contributed by atoms with Crippen molar-refractivity contribution in [1.29, 1.82) is 5.26 Å². The second-order valence-corrected chi connectivity index (χ2v) is 3.94. The standard InChI is InChI=1S/C15H15N3O/c1-2-19-15-6-4-3-5-14(15)18-11-12-7-8-17-13(9-12)10-16/h3-9,18H,2,11H2,1H3. The highest BCUT2D eigenvalue weighted by molar-refractivity contribution is 5.56. The van der Waals surface area contributed by atoms with E-state index in [-0.39, 0.29) is 0 Å². The molecule has 0 amide bonds. The maximum Gasteiger partial charge on any atom is 0.142 e. The Morgan fingerprint density at radius 1 is 1.32 bits per heavy atom. The summed E-state index contributed by atoms with van der Waals surface area (Å²) in [6.45, 7) is 3.21. The van der Waals surface area contributed by atoms with E-state index in [2.05, 4.69) is 10.3 Å². The van der Waals surface area contributed by atoms with Crippen LogP contribution in [-0.4, -0.2) is 11.6 Å². The average Bonchev–Trinajstić information content (AvgIpc) is 2.47. The van der Waals surface area contributed by atoms with Crippen molar-refractivity contribution in [2.24, 2.45) is 0 Å². The van der Waals surface area contributed by atoms with Crippen LogP contribution in [0.2, 0.25) is 0 Å². The number of nitrogens with zero attached hydrogens (tertiary/aromatic N) is 2. The maximum absolute atomic E-state index is 8.81. The molecule has 0 atom stereocenters. The van der Waals surface area contributed by atoms with Crippen LogP contribution in [0.4, 0.5) is 5.69 Å². The zero-order valence-electron chi connectivity index (χ0n) is 10.8. The Bertz CT molecular complexity index is 590. The molecule has 0 spiro atoms. The number of hydrogen-bond acceptors (Lipinski definition) is 4. The van der Waals surface area contributed by atoms with Crippen molar-refractivity contribution < 1.29 is 4.74 Å². The number of benzene rings is 1. The molecule has 4 nitrogen and oxygen atoms in total. The number of anilines is 1. The van der Waals surface area contributed by atoms with Crippen LogP contribution >= 0.6 is 0 Å². The highest BCUT2D eigenvalue weighted by atomic mass is 16.5. The van der Waals surface area contributed by atoms with Gasteiger partial charge in [0.1, 0.15) is 17.5 Å². The van der Waals surface area contributed by atoms with Gasteiger partial charge in [0, 0.05) is 12.7 Å². The Balaban J connectivity index is 2.08. The van der Waals surface area contributed by atoms with Gasteiger partial charge in [-0.15, -0.1) is 0 Å². The highest BCUT2D eigenvalue weighted by Crippen LogP contribution is 2.24. The zero-order chi connectivity index (χ0) is 13.5. The maximum atomic E-state index is 8.81. The smallest absolute Gasteiger partial charge is 0.142 e. The molecule has 0 fully saturated rings. The molecule has 2 rings (SSSR count). The molecule has 0 saturated heterocycles. The predicted octanol–water partition coefficient (Wildman–Crippen LogP) is 2.96. The van der Waals surface area contributed by atoms with Crippen molar-refractivity contribution in [3.05, 3.63) is 53.9 Å². The van der Waals surface area contributed by atoms with Crippen LogP contribution in [0.1, 0.15) is 18.2 Å². The molecule has 0 unspecified atom stereocenters. The molecule has 0 saturated carbocycles. The van der Waals surface area contributed by atoms with Gasteiger partial charge in [-0.1, -0.05) is 12.1 Å². The average molecular weight is 253 g/mol. The van der Waals surface area contributed by atoms with Gasteiger partial charge in [0.05, 0.1) is 12.3 Å². The molecule has 1 N–H and O–H groups in total. The lowest BCUT2D eigenvalue weighted by Gasteiger charge is -2.12. The number of pyridine rings is 1. The Hall–Kier alpha value is -2.54. The summed E-state index contributed by atoms with van der Waals surface area (Å²) in [4.78, 5) is 3.95. The van der Waals surface area contributed by atoms with Crippen molar-refractivity contribution >= 4 is 5.69 Å². The lowest BCUT2D eigenvalue weighted by molar-refractivity contribution is 0.341. The number of ether oxygens (including phenoxy) is 1. The van der Waals surface area contributed by atoms with Gasteiger partial charge in [0.15, 0.2) is 0 Å². The van der Waals surface area contributed by atoms with E-state index < -0.39 is 0 Å². The molecule has 0 aliphatic rings. The quantitative estimate of drug-likeness (QED) is 0.890. The van der Waals surface area contributed by atoms with Gasteiger partial charge in [-0.05, 0) is 36.8 Å². The fraction of sp³-hybridized carbons (Fsp3) is 0.200. The molecule has 0 bridgehead atoms. The summed E-state index contributed by atoms with van der Waals surface area (Å²) in [5.74, 6) is 0.833. The van der Waals surface area contributed by atoms with Gasteiger partial charge in [-0.25, -0.2) is 4.98 Å². The first kappa shape index (κ1) is 12.9. The number of para-hydroxylation sites is 2. The van der Waals surface area contributed by atoms with E-state index in [0.29, 0.717) is 18.8 Å². The van der Waals surface area contributed by atoms with Gasteiger partial charge in [-0.3, -0.25) is 0 Å². The van der Waals surface area contributed by atoms with Crippen molar-refractivity contribution in [1.82, 2.24) is 4.98 Å². The number of nitriles is 1. The van der Waals surface area contributed by atoms with E-state index in [9.17, 15) is 0 Å². The summed E-state index contributed by atoms with van der Waals surface area (Å²) in [6, 6.07) is 13.5. The Labute approximate surface area is 112 Å². The molecular formula is C15H15N3O. The van der Waals surface area contributed by atoms with Crippen LogP contribution in [0.5, 0.6) is 5.75 Å². The highest BCUT2D eigenvalue weighted by Gasteiger charge is 2.02. The summed E-state index contributed by atoms with van der Waals surface area (Å²) in [6.07, 6.45) is 1.64. The molecular weight excluding hydrogens is 238 g/mol. The van der Waals surface area contributed by atoms with E-state index in [1.54, 1.807) is 12.3 Å². The second kappa shape index (κ2) is 6.41. The Kier molecular flexibility index (Phi) is 4.35. The Morgan fingerprint density at radius 2 is 2.16 bits per heavy atom.